The molecule has 5 heteroatoms. The molecule has 3 aliphatic carbocycles. The van der Waals surface area contributed by atoms with Gasteiger partial charge in [0.05, 0.1) is 6.61 Å². The van der Waals surface area contributed by atoms with Crippen molar-refractivity contribution in [3.63, 3.8) is 0 Å². The Morgan fingerprint density at radius 1 is 1.30 bits per heavy atom. The maximum absolute atomic E-state index is 12.7. The molecule has 3 N–H and O–H groups in total. The molecule has 0 spiro atoms. The van der Waals surface area contributed by atoms with Gasteiger partial charge in [-0.3, -0.25) is 0 Å². The van der Waals surface area contributed by atoms with Crippen LogP contribution in [0.25, 0.3) is 0 Å². The summed E-state index contributed by atoms with van der Waals surface area (Å²) in [5.74, 6) is 0.886. The molecule has 5 nitrogen and oxygen atoms in total. The van der Waals surface area contributed by atoms with Gasteiger partial charge in [0.25, 0.3) is 0 Å². The Hall–Kier alpha value is -2.01. The van der Waals surface area contributed by atoms with Gasteiger partial charge in [-0.1, -0.05) is 19.9 Å². The monoisotopic (exact) mass is 372 g/mol. The van der Waals surface area contributed by atoms with Gasteiger partial charge in [-0.25, -0.2) is 4.79 Å². The first kappa shape index (κ1) is 18.4. The van der Waals surface area contributed by atoms with E-state index in [1.165, 1.54) is 18.9 Å². The van der Waals surface area contributed by atoms with Crippen LogP contribution < -0.4 is 0 Å². The predicted molar refractivity (Wildman–Crippen MR) is 100 cm³/mol. The first-order valence-electron chi connectivity index (χ1n) is 9.79. The summed E-state index contributed by atoms with van der Waals surface area (Å²) in [7, 11) is 0. The highest BCUT2D eigenvalue weighted by molar-refractivity contribution is 5.94. The number of aliphatic hydroxyl groups is 1. The van der Waals surface area contributed by atoms with Crippen molar-refractivity contribution in [1.29, 1.82) is 0 Å². The minimum Gasteiger partial charge on any atom is -0.508 e. The molecule has 0 aliphatic heterocycles. The van der Waals surface area contributed by atoms with Crippen LogP contribution in [0.15, 0.2) is 23.8 Å². The average molecular weight is 372 g/mol. The summed E-state index contributed by atoms with van der Waals surface area (Å²) in [4.78, 5) is 12.7. The number of carbonyl (C=O) groups excluding carboxylic acids is 1. The topological polar surface area (TPSA) is 87.0 Å². The van der Waals surface area contributed by atoms with Crippen LogP contribution in [0.5, 0.6) is 11.5 Å². The second-order valence-corrected chi connectivity index (χ2v) is 9.03. The lowest BCUT2D eigenvalue weighted by atomic mass is 9.47. The molecule has 4 rings (SSSR count). The number of phenolic OH excluding ortho intramolecular Hbond substituents is 2. The maximum atomic E-state index is 12.7. The summed E-state index contributed by atoms with van der Waals surface area (Å²) in [5.41, 5.74) is 1.62. The Balaban J connectivity index is 1.58. The number of allylic oxidation sites excluding steroid dienone is 1. The molecule has 2 saturated carbocycles. The zero-order chi connectivity index (χ0) is 19.5. The summed E-state index contributed by atoms with van der Waals surface area (Å²) in [5, 5.41) is 29.5. The number of ether oxygens (including phenoxy) is 1. The van der Waals surface area contributed by atoms with E-state index in [-0.39, 0.29) is 41.1 Å². The summed E-state index contributed by atoms with van der Waals surface area (Å²) < 4.78 is 5.78. The minimum absolute atomic E-state index is 0.00457. The van der Waals surface area contributed by atoms with Gasteiger partial charge in [-0.05, 0) is 66.6 Å². The van der Waals surface area contributed by atoms with Gasteiger partial charge in [0.2, 0.25) is 0 Å². The van der Waals surface area contributed by atoms with E-state index in [1.54, 1.807) is 6.92 Å². The number of phenols is 2. The molecule has 6 atom stereocenters. The van der Waals surface area contributed by atoms with E-state index < -0.39 is 5.97 Å². The van der Waals surface area contributed by atoms with Crippen LogP contribution in [0, 0.1) is 36.0 Å². The SMILES string of the molecule is Cc1cc(O)cc(O)c1C(=O)OC1CC2(C)C3CC(C)CC3C=C(CO)C12. The number of hydrogen-bond donors (Lipinski definition) is 3. The maximum Gasteiger partial charge on any atom is 0.342 e. The third-order valence-corrected chi connectivity index (χ3v) is 7.19. The molecule has 2 fully saturated rings. The quantitative estimate of drug-likeness (QED) is 0.558. The molecular weight excluding hydrogens is 344 g/mol. The van der Waals surface area contributed by atoms with Gasteiger partial charge in [-0.15, -0.1) is 0 Å². The second kappa shape index (κ2) is 6.26. The number of fused-ring (bicyclic) bond motifs is 3. The van der Waals surface area contributed by atoms with Crippen LogP contribution in [0.2, 0.25) is 0 Å². The molecule has 146 valence electrons. The van der Waals surface area contributed by atoms with Crippen LogP contribution in [-0.4, -0.2) is 34.0 Å². The molecule has 1 aromatic rings. The zero-order valence-electron chi connectivity index (χ0n) is 16.1. The standard InChI is InChI=1S/C22H28O5/c1-11-4-13-7-14(10-23)20-18(9-22(20,3)16(13)5-11)27-21(26)19-12(2)6-15(24)8-17(19)25/h6-8,11,13,16,18,20,23-25H,4-5,9-10H2,1-3H3. The summed E-state index contributed by atoms with van der Waals surface area (Å²) in [6.07, 6.45) is 5.08. The molecule has 0 heterocycles. The van der Waals surface area contributed by atoms with E-state index in [1.807, 2.05) is 0 Å². The number of benzene rings is 1. The van der Waals surface area contributed by atoms with E-state index in [2.05, 4.69) is 19.9 Å². The first-order valence-corrected chi connectivity index (χ1v) is 9.79. The minimum atomic E-state index is -0.573. The highest BCUT2D eigenvalue weighted by Gasteiger charge is 2.62. The van der Waals surface area contributed by atoms with E-state index >= 15 is 0 Å². The summed E-state index contributed by atoms with van der Waals surface area (Å²) in [6, 6.07) is 2.59. The number of hydrogen-bond acceptors (Lipinski definition) is 5. The summed E-state index contributed by atoms with van der Waals surface area (Å²) >= 11 is 0. The van der Waals surface area contributed by atoms with E-state index in [0.29, 0.717) is 23.3 Å². The Kier molecular flexibility index (Phi) is 4.26. The van der Waals surface area contributed by atoms with E-state index in [4.69, 9.17) is 4.74 Å². The normalized spacial score (nSPS) is 37.0. The number of aryl methyl sites for hydroxylation is 1. The number of aromatic hydroxyl groups is 2. The molecule has 0 saturated heterocycles. The first-order chi connectivity index (χ1) is 12.7. The van der Waals surface area contributed by atoms with Crippen molar-refractivity contribution in [1.82, 2.24) is 0 Å². The lowest BCUT2D eigenvalue weighted by molar-refractivity contribution is -0.133. The van der Waals surface area contributed by atoms with Crippen molar-refractivity contribution in [2.24, 2.45) is 29.1 Å². The van der Waals surface area contributed by atoms with E-state index in [0.717, 1.165) is 18.1 Å². The number of carbonyl (C=O) groups is 1. The fourth-order valence-corrected chi connectivity index (χ4v) is 6.11. The Bertz CT molecular complexity index is 790. The third-order valence-electron chi connectivity index (χ3n) is 7.19. The van der Waals surface area contributed by atoms with Crippen LogP contribution in [0.4, 0.5) is 0 Å². The Labute approximate surface area is 159 Å². The molecular formula is C22H28O5. The molecule has 0 radical (unpaired) electrons. The van der Waals surface area contributed by atoms with Crippen LogP contribution in [-0.2, 0) is 4.74 Å². The lowest BCUT2D eigenvalue weighted by Gasteiger charge is -2.60. The van der Waals surface area contributed by atoms with Gasteiger partial charge in [0, 0.05) is 12.0 Å². The number of aliphatic hydroxyl groups excluding tert-OH is 1. The van der Waals surface area contributed by atoms with Crippen LogP contribution in [0.3, 0.4) is 0 Å². The van der Waals surface area contributed by atoms with Crippen molar-refractivity contribution < 1.29 is 24.9 Å². The Morgan fingerprint density at radius 3 is 2.70 bits per heavy atom. The van der Waals surface area contributed by atoms with Crippen molar-refractivity contribution in [2.75, 3.05) is 6.61 Å². The van der Waals surface area contributed by atoms with E-state index in [9.17, 15) is 20.1 Å². The van der Waals surface area contributed by atoms with Gasteiger partial charge in [0.15, 0.2) is 0 Å². The third kappa shape index (κ3) is 2.75. The average Bonchev–Trinajstić information content (AvgIpc) is 2.93. The molecule has 27 heavy (non-hydrogen) atoms. The largest absolute Gasteiger partial charge is 0.508 e. The molecule has 1 aromatic carbocycles. The molecule has 0 bridgehead atoms. The molecule has 0 aromatic heterocycles. The van der Waals surface area contributed by atoms with Crippen molar-refractivity contribution in [3.05, 3.63) is 34.9 Å². The highest BCUT2D eigenvalue weighted by atomic mass is 16.5. The van der Waals surface area contributed by atoms with Crippen molar-refractivity contribution in [2.45, 2.75) is 46.1 Å². The predicted octanol–water partition coefficient (Wildman–Crippen LogP) is 3.55. The highest BCUT2D eigenvalue weighted by Crippen LogP contribution is 2.65. The second-order valence-electron chi connectivity index (χ2n) is 9.03. The fourth-order valence-electron chi connectivity index (χ4n) is 6.11. The van der Waals surface area contributed by atoms with Crippen LogP contribution >= 0.6 is 0 Å². The fraction of sp³-hybridized carbons (Fsp3) is 0.591. The number of esters is 1. The van der Waals surface area contributed by atoms with Crippen molar-refractivity contribution >= 4 is 5.97 Å². The molecule has 0 amide bonds. The molecule has 3 aliphatic rings. The Morgan fingerprint density at radius 2 is 2.04 bits per heavy atom. The van der Waals surface area contributed by atoms with Crippen molar-refractivity contribution in [3.8, 4) is 11.5 Å². The molecule has 6 unspecified atom stereocenters. The lowest BCUT2D eigenvalue weighted by Crippen LogP contribution is -2.59. The van der Waals surface area contributed by atoms with Gasteiger partial charge in [-0.2, -0.15) is 0 Å². The number of rotatable bonds is 3. The van der Waals surface area contributed by atoms with Crippen LogP contribution in [0.1, 0.15) is 49.0 Å². The van der Waals surface area contributed by atoms with Gasteiger partial charge in [0.1, 0.15) is 23.2 Å². The van der Waals surface area contributed by atoms with Gasteiger partial charge >= 0.3 is 5.97 Å². The zero-order valence-corrected chi connectivity index (χ0v) is 16.1. The summed E-state index contributed by atoms with van der Waals surface area (Å²) in [6.45, 7) is 6.21. The van der Waals surface area contributed by atoms with Gasteiger partial charge < -0.3 is 20.1 Å². The smallest absolute Gasteiger partial charge is 0.342 e.